The van der Waals surface area contributed by atoms with Gasteiger partial charge in [0.15, 0.2) is 5.76 Å². The standard InChI is InChI=1S/C27H31NO6/c1-19-16-22(29)25(31)26(34-19)27(10-14-32-15-11-27)18-24(30)28-12-9-21(23-8-5-13-33-23)17-20-6-3-2-4-7-20/h2-8,13,16,21,31H,9-12,14-15,17-18H2,1H3,(H,28,30). The van der Waals surface area contributed by atoms with Crippen LogP contribution in [0.15, 0.2) is 68.4 Å². The molecule has 0 bridgehead atoms. The molecule has 7 heteroatoms. The van der Waals surface area contributed by atoms with E-state index in [2.05, 4.69) is 17.4 Å². The Morgan fingerprint density at radius 1 is 1.15 bits per heavy atom. The summed E-state index contributed by atoms with van der Waals surface area (Å²) in [5, 5.41) is 13.5. The Morgan fingerprint density at radius 3 is 2.62 bits per heavy atom. The lowest BCUT2D eigenvalue weighted by Gasteiger charge is -2.35. The molecule has 180 valence electrons. The maximum absolute atomic E-state index is 13.0. The van der Waals surface area contributed by atoms with Gasteiger partial charge in [-0.2, -0.15) is 0 Å². The number of hydrogen-bond donors (Lipinski definition) is 2. The summed E-state index contributed by atoms with van der Waals surface area (Å²) >= 11 is 0. The monoisotopic (exact) mass is 465 g/mol. The molecular formula is C27H31NO6. The second-order valence-corrected chi connectivity index (χ2v) is 9.01. The largest absolute Gasteiger partial charge is 0.502 e. The number of benzene rings is 1. The lowest BCUT2D eigenvalue weighted by molar-refractivity contribution is -0.123. The van der Waals surface area contributed by atoms with Gasteiger partial charge in [-0.1, -0.05) is 30.3 Å². The van der Waals surface area contributed by atoms with E-state index in [1.165, 1.54) is 11.6 Å². The molecule has 0 saturated carbocycles. The summed E-state index contributed by atoms with van der Waals surface area (Å²) in [6.45, 7) is 3.01. The summed E-state index contributed by atoms with van der Waals surface area (Å²) in [5.41, 5.74) is -0.0595. The van der Waals surface area contributed by atoms with Crippen molar-refractivity contribution in [3.05, 3.63) is 87.9 Å². The molecule has 1 amide bonds. The second-order valence-electron chi connectivity index (χ2n) is 9.01. The molecular weight excluding hydrogens is 434 g/mol. The highest BCUT2D eigenvalue weighted by atomic mass is 16.5. The zero-order valence-corrected chi connectivity index (χ0v) is 19.4. The fourth-order valence-corrected chi connectivity index (χ4v) is 4.73. The zero-order valence-electron chi connectivity index (χ0n) is 19.4. The van der Waals surface area contributed by atoms with Crippen LogP contribution >= 0.6 is 0 Å². The lowest BCUT2D eigenvalue weighted by atomic mass is 9.74. The Balaban J connectivity index is 1.43. The van der Waals surface area contributed by atoms with E-state index in [1.807, 2.05) is 30.3 Å². The summed E-state index contributed by atoms with van der Waals surface area (Å²) in [6, 6.07) is 15.3. The minimum absolute atomic E-state index is 0.112. The number of hydrogen-bond acceptors (Lipinski definition) is 6. The minimum Gasteiger partial charge on any atom is -0.502 e. The number of aromatic hydroxyl groups is 1. The lowest BCUT2D eigenvalue weighted by Crippen LogP contribution is -2.40. The highest BCUT2D eigenvalue weighted by Crippen LogP contribution is 2.41. The molecule has 1 fully saturated rings. The first-order chi connectivity index (χ1) is 16.5. The smallest absolute Gasteiger partial charge is 0.227 e. The predicted molar refractivity (Wildman–Crippen MR) is 127 cm³/mol. The van der Waals surface area contributed by atoms with Gasteiger partial charge in [0.25, 0.3) is 0 Å². The van der Waals surface area contributed by atoms with Crippen LogP contribution in [-0.2, 0) is 21.4 Å². The van der Waals surface area contributed by atoms with E-state index in [4.69, 9.17) is 13.6 Å². The molecule has 0 spiro atoms. The topological polar surface area (TPSA) is 102 Å². The van der Waals surface area contributed by atoms with Crippen LogP contribution in [0.2, 0.25) is 0 Å². The maximum atomic E-state index is 13.0. The fourth-order valence-electron chi connectivity index (χ4n) is 4.73. The highest BCUT2D eigenvalue weighted by molar-refractivity contribution is 5.77. The Morgan fingerprint density at radius 2 is 1.91 bits per heavy atom. The number of ether oxygens (including phenoxy) is 1. The van der Waals surface area contributed by atoms with Gasteiger partial charge in [0.05, 0.1) is 6.26 Å². The molecule has 0 aliphatic carbocycles. The van der Waals surface area contributed by atoms with Gasteiger partial charge in [-0.25, -0.2) is 0 Å². The van der Waals surface area contributed by atoms with E-state index in [0.29, 0.717) is 38.4 Å². The van der Waals surface area contributed by atoms with Crippen LogP contribution in [0, 0.1) is 6.92 Å². The third kappa shape index (κ3) is 5.59. The summed E-state index contributed by atoms with van der Waals surface area (Å²) < 4.78 is 16.9. The molecule has 1 saturated heterocycles. The molecule has 1 atom stereocenters. The maximum Gasteiger partial charge on any atom is 0.227 e. The van der Waals surface area contributed by atoms with Crippen molar-refractivity contribution in [1.29, 1.82) is 0 Å². The molecule has 2 aromatic heterocycles. The first kappa shape index (κ1) is 23.8. The van der Waals surface area contributed by atoms with E-state index in [-0.39, 0.29) is 24.0 Å². The summed E-state index contributed by atoms with van der Waals surface area (Å²) in [6.07, 6.45) is 4.29. The van der Waals surface area contributed by atoms with Crippen molar-refractivity contribution in [2.75, 3.05) is 19.8 Å². The Labute approximate surface area is 198 Å². The van der Waals surface area contributed by atoms with Crippen LogP contribution in [0.3, 0.4) is 0 Å². The molecule has 3 aromatic rings. The SMILES string of the molecule is Cc1cc(=O)c(O)c(C2(CC(=O)NCCC(Cc3ccccc3)c3ccco3)CCOCC2)o1. The van der Waals surface area contributed by atoms with Gasteiger partial charge in [0.2, 0.25) is 17.1 Å². The molecule has 0 radical (unpaired) electrons. The van der Waals surface area contributed by atoms with Gasteiger partial charge in [-0.15, -0.1) is 0 Å². The van der Waals surface area contributed by atoms with Crippen LogP contribution < -0.4 is 10.7 Å². The quantitative estimate of drug-likeness (QED) is 0.491. The van der Waals surface area contributed by atoms with E-state index >= 15 is 0 Å². The minimum atomic E-state index is -0.776. The van der Waals surface area contributed by atoms with Gasteiger partial charge in [-0.3, -0.25) is 9.59 Å². The number of nitrogens with one attached hydrogen (secondary N) is 1. The number of rotatable bonds is 9. The van der Waals surface area contributed by atoms with Crippen LogP contribution in [0.5, 0.6) is 5.75 Å². The van der Waals surface area contributed by atoms with Crippen LogP contribution in [-0.4, -0.2) is 30.8 Å². The van der Waals surface area contributed by atoms with Crippen molar-refractivity contribution in [2.24, 2.45) is 0 Å². The molecule has 1 aromatic carbocycles. The number of carbonyl (C=O) groups excluding carboxylic acids is 1. The third-order valence-corrected chi connectivity index (χ3v) is 6.56. The summed E-state index contributed by atoms with van der Waals surface area (Å²) in [5.74, 6) is 1.06. The molecule has 4 rings (SSSR count). The number of carbonyl (C=O) groups is 1. The summed E-state index contributed by atoms with van der Waals surface area (Å²) in [7, 11) is 0. The third-order valence-electron chi connectivity index (χ3n) is 6.56. The number of amides is 1. The van der Waals surface area contributed by atoms with E-state index < -0.39 is 16.6 Å². The average molecular weight is 466 g/mol. The van der Waals surface area contributed by atoms with E-state index in [9.17, 15) is 14.7 Å². The molecule has 3 heterocycles. The molecule has 1 aliphatic heterocycles. The van der Waals surface area contributed by atoms with Crippen LogP contribution in [0.25, 0.3) is 0 Å². The van der Waals surface area contributed by atoms with Crippen molar-refractivity contribution >= 4 is 5.91 Å². The molecule has 34 heavy (non-hydrogen) atoms. The molecule has 1 aliphatic rings. The van der Waals surface area contributed by atoms with Gasteiger partial charge < -0.3 is 24.0 Å². The summed E-state index contributed by atoms with van der Waals surface area (Å²) in [4.78, 5) is 25.2. The van der Waals surface area contributed by atoms with Gasteiger partial charge in [0.1, 0.15) is 11.5 Å². The first-order valence-corrected chi connectivity index (χ1v) is 11.7. The van der Waals surface area contributed by atoms with Crippen molar-refractivity contribution in [3.8, 4) is 5.75 Å². The Hall–Kier alpha value is -3.32. The van der Waals surface area contributed by atoms with Crippen molar-refractivity contribution in [2.45, 2.75) is 50.4 Å². The van der Waals surface area contributed by atoms with Gasteiger partial charge >= 0.3 is 0 Å². The first-order valence-electron chi connectivity index (χ1n) is 11.7. The van der Waals surface area contributed by atoms with Crippen molar-refractivity contribution in [3.63, 3.8) is 0 Å². The average Bonchev–Trinajstić information content (AvgIpc) is 3.37. The molecule has 7 nitrogen and oxygen atoms in total. The van der Waals surface area contributed by atoms with Crippen molar-refractivity contribution in [1.82, 2.24) is 5.32 Å². The Kier molecular flexibility index (Phi) is 7.53. The van der Waals surface area contributed by atoms with Crippen LogP contribution in [0.4, 0.5) is 0 Å². The zero-order chi connectivity index (χ0) is 24.0. The van der Waals surface area contributed by atoms with Crippen LogP contribution in [0.1, 0.15) is 54.4 Å². The Bertz CT molecular complexity index is 1130. The second kappa shape index (κ2) is 10.7. The number of furan rings is 1. The van der Waals surface area contributed by atoms with Gasteiger partial charge in [-0.05, 0) is 50.3 Å². The normalized spacial score (nSPS) is 16.1. The van der Waals surface area contributed by atoms with E-state index in [1.54, 1.807) is 13.2 Å². The van der Waals surface area contributed by atoms with Gasteiger partial charge in [0, 0.05) is 43.6 Å². The fraction of sp³-hybridized carbons (Fsp3) is 0.407. The molecule has 1 unspecified atom stereocenters. The highest BCUT2D eigenvalue weighted by Gasteiger charge is 2.42. The molecule has 2 N–H and O–H groups in total. The van der Waals surface area contributed by atoms with Crippen molar-refractivity contribution < 1.29 is 23.5 Å². The van der Waals surface area contributed by atoms with E-state index in [0.717, 1.165) is 18.6 Å². The predicted octanol–water partition coefficient (Wildman–Crippen LogP) is 4.22. The number of aryl methyl sites for hydroxylation is 1.